The molecule has 0 aliphatic heterocycles. The molecule has 2 aromatic heterocycles. The first-order valence-corrected chi connectivity index (χ1v) is 10.6. The Hall–Kier alpha value is -3.50. The first kappa shape index (κ1) is 17.4. The van der Waals surface area contributed by atoms with Gasteiger partial charge in [-0.25, -0.2) is 0 Å². The maximum atomic E-state index is 4.58. The predicted octanol–water partition coefficient (Wildman–Crippen LogP) is 7.13. The first-order valence-electron chi connectivity index (χ1n) is 9.80. The van der Waals surface area contributed by atoms with Crippen LogP contribution in [-0.2, 0) is 0 Å². The molecule has 0 aliphatic carbocycles. The third kappa shape index (κ3) is 2.65. The molecule has 0 fully saturated rings. The lowest BCUT2D eigenvalue weighted by Gasteiger charge is -2.11. The number of hydrogen-bond donors (Lipinski definition) is 0. The van der Waals surface area contributed by atoms with E-state index in [-0.39, 0.29) is 0 Å². The fraction of sp³-hybridized carbons (Fsp3) is 0. The second-order valence-electron chi connectivity index (χ2n) is 7.33. The lowest BCUT2D eigenvalue weighted by molar-refractivity contribution is 1.12. The highest BCUT2D eigenvalue weighted by Gasteiger charge is 2.16. The number of pyridine rings is 1. The number of hydrogen-bond acceptors (Lipinski definition) is 2. The lowest BCUT2D eigenvalue weighted by Crippen LogP contribution is -1.94. The standard InChI is InChI=1S/C26H16BrN3/c27-20-13-10-18(11-14-20)25-28-29-26-22-9-5-4-8-21(22)23-16-19(12-15-24(23)30(25)26)17-6-2-1-3-7-17/h1-16H. The molecule has 0 saturated carbocycles. The van der Waals surface area contributed by atoms with E-state index < -0.39 is 0 Å². The highest BCUT2D eigenvalue weighted by atomic mass is 79.9. The molecule has 3 nitrogen and oxygen atoms in total. The number of fused-ring (bicyclic) bond motifs is 6. The van der Waals surface area contributed by atoms with Gasteiger partial charge >= 0.3 is 0 Å². The van der Waals surface area contributed by atoms with E-state index in [9.17, 15) is 0 Å². The van der Waals surface area contributed by atoms with E-state index in [1.165, 1.54) is 21.9 Å². The highest BCUT2D eigenvalue weighted by molar-refractivity contribution is 9.10. The van der Waals surface area contributed by atoms with Crippen LogP contribution in [0.5, 0.6) is 0 Å². The van der Waals surface area contributed by atoms with Crippen molar-refractivity contribution in [2.75, 3.05) is 0 Å². The van der Waals surface area contributed by atoms with Crippen LogP contribution < -0.4 is 0 Å². The van der Waals surface area contributed by atoms with Crippen molar-refractivity contribution in [1.82, 2.24) is 14.6 Å². The Balaban J connectivity index is 1.74. The smallest absolute Gasteiger partial charge is 0.169 e. The van der Waals surface area contributed by atoms with Gasteiger partial charge in [0.2, 0.25) is 0 Å². The van der Waals surface area contributed by atoms with Gasteiger partial charge < -0.3 is 0 Å². The minimum absolute atomic E-state index is 0.848. The number of halogens is 1. The predicted molar refractivity (Wildman–Crippen MR) is 127 cm³/mol. The van der Waals surface area contributed by atoms with Gasteiger partial charge in [-0.05, 0) is 40.8 Å². The molecule has 0 aliphatic rings. The molecule has 0 atom stereocenters. The topological polar surface area (TPSA) is 30.2 Å². The summed E-state index contributed by atoms with van der Waals surface area (Å²) in [5.41, 5.74) is 5.43. The number of benzene rings is 4. The summed E-state index contributed by atoms with van der Waals surface area (Å²) in [6, 6.07) is 33.8. The average molecular weight is 450 g/mol. The van der Waals surface area contributed by atoms with Gasteiger partial charge in [0.05, 0.1) is 5.52 Å². The van der Waals surface area contributed by atoms with Gasteiger partial charge in [-0.3, -0.25) is 4.40 Å². The van der Waals surface area contributed by atoms with Crippen LogP contribution >= 0.6 is 15.9 Å². The van der Waals surface area contributed by atoms with Crippen molar-refractivity contribution >= 4 is 43.3 Å². The van der Waals surface area contributed by atoms with Crippen LogP contribution in [-0.4, -0.2) is 14.6 Å². The summed E-state index contributed by atoms with van der Waals surface area (Å²) in [7, 11) is 0. The van der Waals surface area contributed by atoms with E-state index in [2.05, 4.69) is 109 Å². The lowest BCUT2D eigenvalue weighted by atomic mass is 9.99. The molecule has 0 amide bonds. The largest absolute Gasteiger partial charge is 0.274 e. The van der Waals surface area contributed by atoms with Crippen LogP contribution in [0.3, 0.4) is 0 Å². The minimum atomic E-state index is 0.848. The number of aromatic nitrogens is 3. The molecule has 4 aromatic carbocycles. The summed E-state index contributed by atoms with van der Waals surface area (Å²) in [4.78, 5) is 0. The van der Waals surface area contributed by atoms with Gasteiger partial charge in [0, 0.05) is 20.8 Å². The summed E-state index contributed by atoms with van der Waals surface area (Å²) in [6.07, 6.45) is 0. The summed E-state index contributed by atoms with van der Waals surface area (Å²) < 4.78 is 3.22. The Kier molecular flexibility index (Phi) is 3.93. The van der Waals surface area contributed by atoms with Crippen molar-refractivity contribution in [1.29, 1.82) is 0 Å². The molecule has 0 spiro atoms. The fourth-order valence-corrected chi connectivity index (χ4v) is 4.41. The Bertz CT molecular complexity index is 1530. The molecule has 2 heterocycles. The molecule has 0 radical (unpaired) electrons. The minimum Gasteiger partial charge on any atom is -0.274 e. The van der Waals surface area contributed by atoms with E-state index in [1.54, 1.807) is 0 Å². The van der Waals surface area contributed by atoms with Crippen LogP contribution in [0.2, 0.25) is 0 Å². The van der Waals surface area contributed by atoms with E-state index in [1.807, 2.05) is 18.2 Å². The second-order valence-corrected chi connectivity index (χ2v) is 8.25. The third-order valence-corrected chi connectivity index (χ3v) is 6.10. The van der Waals surface area contributed by atoms with E-state index in [0.717, 1.165) is 32.4 Å². The van der Waals surface area contributed by atoms with Crippen LogP contribution in [0, 0.1) is 0 Å². The maximum absolute atomic E-state index is 4.58. The van der Waals surface area contributed by atoms with Crippen molar-refractivity contribution in [3.8, 4) is 22.5 Å². The SMILES string of the molecule is Brc1ccc(-c2nnc3c4ccccc4c4cc(-c5ccccc5)ccc4n23)cc1. The summed E-state index contributed by atoms with van der Waals surface area (Å²) in [5, 5.41) is 12.6. The number of rotatable bonds is 2. The van der Waals surface area contributed by atoms with Crippen molar-refractivity contribution in [3.63, 3.8) is 0 Å². The fourth-order valence-electron chi connectivity index (χ4n) is 4.14. The normalized spacial score (nSPS) is 11.5. The van der Waals surface area contributed by atoms with E-state index >= 15 is 0 Å². The molecule has 0 unspecified atom stereocenters. The molecule has 30 heavy (non-hydrogen) atoms. The molecule has 6 aromatic rings. The van der Waals surface area contributed by atoms with Gasteiger partial charge in [-0.2, -0.15) is 0 Å². The Morgan fingerprint density at radius 1 is 0.567 bits per heavy atom. The van der Waals surface area contributed by atoms with Crippen molar-refractivity contribution in [2.24, 2.45) is 0 Å². The summed E-state index contributed by atoms with van der Waals surface area (Å²) in [5.74, 6) is 0.848. The summed E-state index contributed by atoms with van der Waals surface area (Å²) in [6.45, 7) is 0. The van der Waals surface area contributed by atoms with Crippen LogP contribution in [0.25, 0.3) is 49.8 Å². The molecule has 0 N–H and O–H groups in total. The Morgan fingerprint density at radius 2 is 1.27 bits per heavy atom. The first-order chi connectivity index (χ1) is 14.8. The van der Waals surface area contributed by atoms with E-state index in [4.69, 9.17) is 0 Å². The van der Waals surface area contributed by atoms with Gasteiger partial charge in [-0.15, -0.1) is 10.2 Å². The Morgan fingerprint density at radius 3 is 2.07 bits per heavy atom. The molecular weight excluding hydrogens is 434 g/mol. The molecule has 142 valence electrons. The van der Waals surface area contributed by atoms with Crippen LogP contribution in [0.15, 0.2) is 102 Å². The van der Waals surface area contributed by atoms with Gasteiger partial charge in [0.25, 0.3) is 0 Å². The van der Waals surface area contributed by atoms with Crippen molar-refractivity contribution in [3.05, 3.63) is 102 Å². The van der Waals surface area contributed by atoms with Gasteiger partial charge in [-0.1, -0.05) is 88.7 Å². The quantitative estimate of drug-likeness (QED) is 0.263. The highest BCUT2D eigenvalue weighted by Crippen LogP contribution is 2.34. The monoisotopic (exact) mass is 449 g/mol. The molecular formula is C26H16BrN3. The third-order valence-electron chi connectivity index (χ3n) is 5.57. The van der Waals surface area contributed by atoms with Crippen LogP contribution in [0.4, 0.5) is 0 Å². The van der Waals surface area contributed by atoms with Crippen molar-refractivity contribution < 1.29 is 0 Å². The molecule has 4 heteroatoms. The average Bonchev–Trinajstić information content (AvgIpc) is 3.26. The zero-order valence-corrected chi connectivity index (χ0v) is 17.5. The Labute approximate surface area is 181 Å². The van der Waals surface area contributed by atoms with Crippen LogP contribution in [0.1, 0.15) is 0 Å². The van der Waals surface area contributed by atoms with Gasteiger partial charge in [0.1, 0.15) is 0 Å². The second kappa shape index (κ2) is 6.78. The molecule has 0 bridgehead atoms. The zero-order valence-electron chi connectivity index (χ0n) is 16.0. The van der Waals surface area contributed by atoms with Crippen molar-refractivity contribution in [2.45, 2.75) is 0 Å². The number of nitrogens with zero attached hydrogens (tertiary/aromatic N) is 3. The molecule has 0 saturated heterocycles. The van der Waals surface area contributed by atoms with E-state index in [0.29, 0.717) is 0 Å². The summed E-state index contributed by atoms with van der Waals surface area (Å²) >= 11 is 3.52. The van der Waals surface area contributed by atoms with Gasteiger partial charge in [0.15, 0.2) is 11.5 Å². The zero-order chi connectivity index (χ0) is 20.1. The molecule has 6 rings (SSSR count). The maximum Gasteiger partial charge on any atom is 0.169 e.